The highest BCUT2D eigenvalue weighted by Gasteiger charge is 2.15. The topological polar surface area (TPSA) is 152 Å². The molecule has 0 saturated heterocycles. The largest absolute Gasteiger partial charge is 0.481 e. The fourth-order valence-electron chi connectivity index (χ4n) is 5.88. The fraction of sp³-hybridized carbons (Fsp3) is 0.256. The van der Waals surface area contributed by atoms with E-state index in [0.29, 0.717) is 28.2 Å². The van der Waals surface area contributed by atoms with Crippen LogP contribution in [0, 0.1) is 13.8 Å². The first kappa shape index (κ1) is 41.3. The highest BCUT2D eigenvalue weighted by Crippen LogP contribution is 2.28. The van der Waals surface area contributed by atoms with E-state index >= 15 is 0 Å². The summed E-state index contributed by atoms with van der Waals surface area (Å²) in [5.74, 6) is 0.548. The number of H-pyrrole nitrogens is 5. The monoisotopic (exact) mass is 716 g/mol. The lowest BCUT2D eigenvalue weighted by molar-refractivity contribution is 0.399. The number of pyridine rings is 4. The summed E-state index contributed by atoms with van der Waals surface area (Å²) in [6.07, 6.45) is 0. The molecule has 6 heterocycles. The van der Waals surface area contributed by atoms with Crippen LogP contribution in [0.3, 0.4) is 0 Å². The van der Waals surface area contributed by atoms with Gasteiger partial charge in [0.2, 0.25) is 11.4 Å². The zero-order valence-corrected chi connectivity index (χ0v) is 32.7. The summed E-state index contributed by atoms with van der Waals surface area (Å²) < 4.78 is 5.15. The van der Waals surface area contributed by atoms with Gasteiger partial charge < -0.3 is 29.7 Å². The number of aromatic nitrogens is 6. The molecule has 5 N–H and O–H groups in total. The molecular weight excluding hydrogens is 665 g/mol. The molecule has 53 heavy (non-hydrogen) atoms. The maximum Gasteiger partial charge on any atom is 0.258 e. The summed E-state index contributed by atoms with van der Waals surface area (Å²) in [4.78, 5) is 55.9. The van der Waals surface area contributed by atoms with Gasteiger partial charge in [0.05, 0.1) is 51.7 Å². The molecule has 6 aromatic heterocycles. The number of hydrogen-bond donors (Lipinski definition) is 5. The molecule has 10 heteroatoms. The molecule has 0 bridgehead atoms. The van der Waals surface area contributed by atoms with Crippen molar-refractivity contribution >= 4 is 43.9 Å². The molecule has 0 saturated carbocycles. The van der Waals surface area contributed by atoms with E-state index < -0.39 is 0 Å². The van der Waals surface area contributed by atoms with E-state index in [1.54, 1.807) is 25.3 Å². The molecule has 0 aliphatic heterocycles. The minimum absolute atomic E-state index is 0.111. The van der Waals surface area contributed by atoms with Crippen molar-refractivity contribution in [2.75, 3.05) is 7.11 Å². The highest BCUT2D eigenvalue weighted by molar-refractivity contribution is 5.91. The summed E-state index contributed by atoms with van der Waals surface area (Å²) in [5, 5.41) is 2.04. The Balaban J connectivity index is 0.000000241. The van der Waals surface area contributed by atoms with Gasteiger partial charge in [0.1, 0.15) is 0 Å². The van der Waals surface area contributed by atoms with Crippen LogP contribution in [-0.2, 0) is 0 Å². The number of nitrogens with one attached hydrogen (secondary N) is 5. The van der Waals surface area contributed by atoms with Crippen molar-refractivity contribution in [3.05, 3.63) is 127 Å². The molecule has 0 atom stereocenters. The van der Waals surface area contributed by atoms with E-state index in [0.717, 1.165) is 55.2 Å². The van der Waals surface area contributed by atoms with Gasteiger partial charge in [-0.3, -0.25) is 14.4 Å². The normalized spacial score (nSPS) is 10.0. The number of nitrogens with zero attached hydrogens (tertiary/aromatic N) is 1. The van der Waals surface area contributed by atoms with Gasteiger partial charge in [-0.05, 0) is 61.4 Å². The Kier molecular flexibility index (Phi) is 15.1. The van der Waals surface area contributed by atoms with Gasteiger partial charge in [0, 0.05) is 33.9 Å². The standard InChI is InChI=1S/C18H15N3O2.C17H13N3O2.4C2H6/c1-10-11-5-3-4-6-12(11)21-18(22)17(10)15-9-14-13(19-15)7-8-16(20-14)23-2;1-9-10-4-2-3-5-11(10)20-17(22)16(9)14-8-13-12(18-14)6-7-15(21)19-13;4*1-2/h3-9,19H,1-2H3,(H,21,22);2-8,18H,1H3,(H,19,21)(H,20,22);4*1-2H3. The Morgan fingerprint density at radius 3 is 1.49 bits per heavy atom. The molecule has 278 valence electrons. The van der Waals surface area contributed by atoms with Crippen molar-refractivity contribution in [2.24, 2.45) is 0 Å². The minimum Gasteiger partial charge on any atom is -0.481 e. The second-order valence-electron chi connectivity index (χ2n) is 10.8. The van der Waals surface area contributed by atoms with E-state index in [1.165, 1.54) is 6.07 Å². The predicted octanol–water partition coefficient (Wildman–Crippen LogP) is 10.2. The zero-order valence-electron chi connectivity index (χ0n) is 32.7. The van der Waals surface area contributed by atoms with Gasteiger partial charge in [-0.2, -0.15) is 0 Å². The number of benzene rings is 2. The van der Waals surface area contributed by atoms with Crippen LogP contribution in [0.5, 0.6) is 5.88 Å². The van der Waals surface area contributed by atoms with Crippen LogP contribution >= 0.6 is 0 Å². The smallest absolute Gasteiger partial charge is 0.258 e. The molecule has 8 rings (SSSR count). The van der Waals surface area contributed by atoms with E-state index in [1.807, 2.05) is 130 Å². The van der Waals surface area contributed by atoms with Crippen LogP contribution in [0.1, 0.15) is 66.5 Å². The third-order valence-corrected chi connectivity index (χ3v) is 8.07. The maximum absolute atomic E-state index is 12.5. The number of para-hydroxylation sites is 2. The lowest BCUT2D eigenvalue weighted by Crippen LogP contribution is -2.11. The number of ether oxygens (including phenoxy) is 1. The quantitative estimate of drug-likeness (QED) is 0.123. The van der Waals surface area contributed by atoms with Gasteiger partial charge >= 0.3 is 0 Å². The van der Waals surface area contributed by atoms with Crippen molar-refractivity contribution < 1.29 is 4.74 Å². The average molecular weight is 717 g/mol. The highest BCUT2D eigenvalue weighted by atomic mass is 16.5. The lowest BCUT2D eigenvalue weighted by atomic mass is 10.0. The average Bonchev–Trinajstić information content (AvgIpc) is 3.81. The first-order chi connectivity index (χ1) is 25.8. The first-order valence-electron chi connectivity index (χ1n) is 18.3. The molecule has 0 unspecified atom stereocenters. The van der Waals surface area contributed by atoms with Crippen molar-refractivity contribution in [1.29, 1.82) is 0 Å². The van der Waals surface area contributed by atoms with E-state index in [9.17, 15) is 14.4 Å². The van der Waals surface area contributed by atoms with Crippen molar-refractivity contribution in [3.63, 3.8) is 0 Å². The molecule has 0 amide bonds. The number of fused-ring (bicyclic) bond motifs is 4. The van der Waals surface area contributed by atoms with Crippen molar-refractivity contribution in [3.8, 4) is 28.4 Å². The van der Waals surface area contributed by atoms with Gasteiger partial charge in [-0.25, -0.2) is 4.98 Å². The van der Waals surface area contributed by atoms with Crippen LogP contribution in [0.2, 0.25) is 0 Å². The zero-order chi connectivity index (χ0) is 39.2. The minimum atomic E-state index is -0.165. The number of methoxy groups -OCH3 is 1. The Hall–Kier alpha value is -6.16. The van der Waals surface area contributed by atoms with Gasteiger partial charge in [0.15, 0.2) is 0 Å². The summed E-state index contributed by atoms with van der Waals surface area (Å²) in [7, 11) is 1.58. The molecule has 0 fully saturated rings. The van der Waals surface area contributed by atoms with Crippen LogP contribution < -0.4 is 21.4 Å². The Morgan fingerprint density at radius 1 is 0.491 bits per heavy atom. The number of hydrogen-bond acceptors (Lipinski definition) is 5. The summed E-state index contributed by atoms with van der Waals surface area (Å²) in [6, 6.07) is 26.0. The number of aryl methyl sites for hydroxylation is 2. The number of aromatic amines is 5. The van der Waals surface area contributed by atoms with Crippen LogP contribution in [0.25, 0.3) is 66.4 Å². The second kappa shape index (κ2) is 19.4. The SMILES string of the molecule is CC.CC.CC.CC.COc1ccc2[nH]c(-c3c(C)c4ccccc4[nH]c3=O)cc2n1.Cc1c(-c2cc3[nH]c(=O)ccc3[nH]2)c(=O)[nH]c2ccccc12. The molecule has 10 nitrogen and oxygen atoms in total. The van der Waals surface area contributed by atoms with Crippen molar-refractivity contribution in [1.82, 2.24) is 29.9 Å². The maximum atomic E-state index is 12.5. The Labute approximate surface area is 309 Å². The van der Waals surface area contributed by atoms with Gasteiger partial charge in [0.25, 0.3) is 11.1 Å². The molecule has 0 radical (unpaired) electrons. The third kappa shape index (κ3) is 8.84. The predicted molar refractivity (Wildman–Crippen MR) is 224 cm³/mol. The molecule has 0 spiro atoms. The number of rotatable bonds is 3. The lowest BCUT2D eigenvalue weighted by Gasteiger charge is -2.07. The van der Waals surface area contributed by atoms with Crippen LogP contribution in [0.15, 0.2) is 99.3 Å². The summed E-state index contributed by atoms with van der Waals surface area (Å²) >= 11 is 0. The summed E-state index contributed by atoms with van der Waals surface area (Å²) in [5.41, 5.74) is 8.90. The van der Waals surface area contributed by atoms with E-state index in [2.05, 4.69) is 29.9 Å². The van der Waals surface area contributed by atoms with Crippen LogP contribution in [0.4, 0.5) is 0 Å². The van der Waals surface area contributed by atoms with E-state index in [4.69, 9.17) is 4.74 Å². The molecule has 0 aliphatic carbocycles. The van der Waals surface area contributed by atoms with Gasteiger partial charge in [-0.15, -0.1) is 0 Å². The molecule has 8 aromatic rings. The Morgan fingerprint density at radius 2 is 0.962 bits per heavy atom. The van der Waals surface area contributed by atoms with Crippen LogP contribution in [-0.4, -0.2) is 37.0 Å². The Bertz CT molecular complexity index is 2590. The fourth-order valence-corrected chi connectivity index (χ4v) is 5.88. The molecule has 0 aliphatic rings. The molecular formula is C43H52N6O4. The van der Waals surface area contributed by atoms with E-state index in [-0.39, 0.29) is 16.7 Å². The van der Waals surface area contributed by atoms with Gasteiger partial charge in [-0.1, -0.05) is 91.8 Å². The molecule has 2 aromatic carbocycles. The summed E-state index contributed by atoms with van der Waals surface area (Å²) in [6.45, 7) is 19.9. The first-order valence-corrected chi connectivity index (χ1v) is 18.3. The second-order valence-corrected chi connectivity index (χ2v) is 10.8. The van der Waals surface area contributed by atoms with Crippen molar-refractivity contribution in [2.45, 2.75) is 69.2 Å². The third-order valence-electron chi connectivity index (χ3n) is 8.07.